The number of ether oxygens (including phenoxy) is 1. The Morgan fingerprint density at radius 3 is 2.91 bits per heavy atom. The monoisotopic (exact) mass is 146 g/mol. The van der Waals surface area contributed by atoms with Crippen molar-refractivity contribution in [3.63, 3.8) is 0 Å². The van der Waals surface area contributed by atoms with Crippen LogP contribution in [0.4, 0.5) is 0 Å². The molecule has 1 heterocycles. The molecule has 0 spiro atoms. The Balaban J connectivity index is 2.16. The molecule has 0 bridgehead atoms. The minimum absolute atomic E-state index is 0.713. The molecule has 0 saturated heterocycles. The Hall–Kier alpha value is -1.24. The van der Waals surface area contributed by atoms with E-state index < -0.39 is 0 Å². The van der Waals surface area contributed by atoms with E-state index in [1.807, 2.05) is 12.3 Å². The van der Waals surface area contributed by atoms with E-state index in [1.54, 1.807) is 0 Å². The van der Waals surface area contributed by atoms with Gasteiger partial charge in [0.15, 0.2) is 0 Å². The van der Waals surface area contributed by atoms with E-state index in [-0.39, 0.29) is 0 Å². The van der Waals surface area contributed by atoms with Crippen LogP contribution in [0, 0.1) is 0 Å². The maximum atomic E-state index is 5.18. The van der Waals surface area contributed by atoms with E-state index in [1.165, 1.54) is 11.1 Å². The number of allylic oxidation sites excluding steroid dienone is 6. The van der Waals surface area contributed by atoms with Crippen LogP contribution in [0.5, 0.6) is 0 Å². The molecule has 1 nitrogen and oxygen atoms in total. The highest BCUT2D eigenvalue weighted by Crippen LogP contribution is 2.22. The molecule has 0 atom stereocenters. The molecular weight excluding hydrogens is 136 g/mol. The summed E-state index contributed by atoms with van der Waals surface area (Å²) in [4.78, 5) is 0. The van der Waals surface area contributed by atoms with E-state index in [0.29, 0.717) is 6.61 Å². The lowest BCUT2D eigenvalue weighted by Gasteiger charge is -2.08. The molecule has 11 heavy (non-hydrogen) atoms. The third-order valence-electron chi connectivity index (χ3n) is 1.84. The van der Waals surface area contributed by atoms with Crippen molar-refractivity contribution in [2.75, 3.05) is 6.61 Å². The molecule has 0 unspecified atom stereocenters. The van der Waals surface area contributed by atoms with Crippen LogP contribution < -0.4 is 0 Å². The summed E-state index contributed by atoms with van der Waals surface area (Å²) in [6, 6.07) is 0. The molecule has 56 valence electrons. The third-order valence-corrected chi connectivity index (χ3v) is 1.84. The molecule has 0 N–H and O–H groups in total. The molecule has 0 aromatic carbocycles. The van der Waals surface area contributed by atoms with Gasteiger partial charge >= 0.3 is 0 Å². The predicted octanol–water partition coefficient (Wildman–Crippen LogP) is 2.34. The minimum atomic E-state index is 0.713. The molecule has 0 saturated carbocycles. The Kier molecular flexibility index (Phi) is 1.64. The minimum Gasteiger partial charge on any atom is -0.496 e. The lowest BCUT2D eigenvalue weighted by atomic mass is 10.1. The van der Waals surface area contributed by atoms with E-state index in [4.69, 9.17) is 4.74 Å². The highest BCUT2D eigenvalue weighted by Gasteiger charge is 2.05. The van der Waals surface area contributed by atoms with Gasteiger partial charge in [0.05, 0.1) is 6.26 Å². The second-order valence-corrected chi connectivity index (χ2v) is 2.63. The van der Waals surface area contributed by atoms with Gasteiger partial charge in [-0.25, -0.2) is 0 Å². The fourth-order valence-electron chi connectivity index (χ4n) is 1.25. The molecule has 0 aromatic heterocycles. The largest absolute Gasteiger partial charge is 0.496 e. The Morgan fingerprint density at radius 2 is 2.27 bits per heavy atom. The molecular formula is C10H10O. The smallest absolute Gasteiger partial charge is 0.106 e. The summed E-state index contributed by atoms with van der Waals surface area (Å²) in [5.41, 5.74) is 2.56. The normalized spacial score (nSPS) is 21.1. The van der Waals surface area contributed by atoms with Gasteiger partial charge < -0.3 is 4.74 Å². The molecule has 2 aliphatic rings. The SMILES string of the molecule is C1=CCC(C2=COCC=C2)=C1. The third kappa shape index (κ3) is 1.27. The summed E-state index contributed by atoms with van der Waals surface area (Å²) in [5, 5.41) is 0. The van der Waals surface area contributed by atoms with Gasteiger partial charge in [-0.15, -0.1) is 0 Å². The lowest BCUT2D eigenvalue weighted by Crippen LogP contribution is -1.93. The van der Waals surface area contributed by atoms with Crippen LogP contribution in [-0.2, 0) is 4.74 Å². The average Bonchev–Trinajstić information content (AvgIpc) is 2.58. The quantitative estimate of drug-likeness (QED) is 0.551. The first-order chi connectivity index (χ1) is 5.47. The fourth-order valence-corrected chi connectivity index (χ4v) is 1.25. The first-order valence-electron chi connectivity index (χ1n) is 3.81. The zero-order valence-electron chi connectivity index (χ0n) is 6.29. The van der Waals surface area contributed by atoms with Crippen molar-refractivity contribution < 1.29 is 4.74 Å². The van der Waals surface area contributed by atoms with Crippen LogP contribution in [-0.4, -0.2) is 6.61 Å². The maximum Gasteiger partial charge on any atom is 0.106 e. The van der Waals surface area contributed by atoms with E-state index in [0.717, 1.165) is 6.42 Å². The fraction of sp³-hybridized carbons (Fsp3) is 0.200. The van der Waals surface area contributed by atoms with E-state index in [9.17, 15) is 0 Å². The second kappa shape index (κ2) is 2.79. The first-order valence-corrected chi connectivity index (χ1v) is 3.81. The van der Waals surface area contributed by atoms with E-state index >= 15 is 0 Å². The topological polar surface area (TPSA) is 9.23 Å². The summed E-state index contributed by atoms with van der Waals surface area (Å²) in [6.07, 6.45) is 13.4. The molecule has 1 aliphatic carbocycles. The molecule has 0 aromatic rings. The van der Waals surface area contributed by atoms with Gasteiger partial charge in [-0.2, -0.15) is 0 Å². The van der Waals surface area contributed by atoms with Gasteiger partial charge in [0, 0.05) is 5.57 Å². The van der Waals surface area contributed by atoms with Gasteiger partial charge in [0.25, 0.3) is 0 Å². The maximum absolute atomic E-state index is 5.18. The number of hydrogen-bond donors (Lipinski definition) is 0. The highest BCUT2D eigenvalue weighted by molar-refractivity contribution is 5.45. The van der Waals surface area contributed by atoms with Crippen molar-refractivity contribution in [1.29, 1.82) is 0 Å². The summed E-state index contributed by atoms with van der Waals surface area (Å²) in [6.45, 7) is 0.713. The van der Waals surface area contributed by atoms with Crippen LogP contribution in [0.3, 0.4) is 0 Å². The molecule has 0 radical (unpaired) electrons. The molecule has 0 fully saturated rings. The van der Waals surface area contributed by atoms with Gasteiger partial charge in [-0.3, -0.25) is 0 Å². The van der Waals surface area contributed by atoms with E-state index in [2.05, 4.69) is 24.3 Å². The van der Waals surface area contributed by atoms with Crippen molar-refractivity contribution in [2.24, 2.45) is 0 Å². The Labute approximate surface area is 66.4 Å². The summed E-state index contributed by atoms with van der Waals surface area (Å²) in [5.74, 6) is 0. The summed E-state index contributed by atoms with van der Waals surface area (Å²) >= 11 is 0. The zero-order chi connectivity index (χ0) is 7.52. The molecule has 1 aliphatic heterocycles. The van der Waals surface area contributed by atoms with Crippen molar-refractivity contribution >= 4 is 0 Å². The van der Waals surface area contributed by atoms with Gasteiger partial charge in [0.2, 0.25) is 0 Å². The first kappa shape index (κ1) is 6.47. The number of hydrogen-bond acceptors (Lipinski definition) is 1. The second-order valence-electron chi connectivity index (χ2n) is 2.63. The Morgan fingerprint density at radius 1 is 1.27 bits per heavy atom. The number of rotatable bonds is 1. The Bertz CT molecular complexity index is 267. The summed E-state index contributed by atoms with van der Waals surface area (Å²) < 4.78 is 5.18. The van der Waals surface area contributed by atoms with Crippen LogP contribution >= 0.6 is 0 Å². The van der Waals surface area contributed by atoms with Crippen molar-refractivity contribution in [2.45, 2.75) is 6.42 Å². The van der Waals surface area contributed by atoms with Crippen molar-refractivity contribution in [1.82, 2.24) is 0 Å². The highest BCUT2D eigenvalue weighted by atomic mass is 16.5. The van der Waals surface area contributed by atoms with Gasteiger partial charge in [-0.1, -0.05) is 24.3 Å². The molecule has 0 amide bonds. The zero-order valence-corrected chi connectivity index (χ0v) is 6.29. The van der Waals surface area contributed by atoms with Crippen LogP contribution in [0.2, 0.25) is 0 Å². The van der Waals surface area contributed by atoms with Crippen LogP contribution in [0.25, 0.3) is 0 Å². The van der Waals surface area contributed by atoms with Crippen molar-refractivity contribution in [3.8, 4) is 0 Å². The standard InChI is InChI=1S/C10H10O/c1-2-5-9(4-1)10-6-3-7-11-8-10/h1-4,6,8H,5,7H2. The lowest BCUT2D eigenvalue weighted by molar-refractivity contribution is 0.283. The molecule has 2 rings (SSSR count). The van der Waals surface area contributed by atoms with Gasteiger partial charge in [0.1, 0.15) is 6.61 Å². The van der Waals surface area contributed by atoms with Crippen LogP contribution in [0.15, 0.2) is 47.8 Å². The van der Waals surface area contributed by atoms with Crippen molar-refractivity contribution in [3.05, 3.63) is 47.8 Å². The summed E-state index contributed by atoms with van der Waals surface area (Å²) in [7, 11) is 0. The average molecular weight is 146 g/mol. The van der Waals surface area contributed by atoms with Gasteiger partial charge in [-0.05, 0) is 18.1 Å². The van der Waals surface area contributed by atoms with Crippen LogP contribution in [0.1, 0.15) is 6.42 Å². The predicted molar refractivity (Wildman–Crippen MR) is 45.0 cm³/mol. The molecule has 1 heteroatoms.